The normalized spacial score (nSPS) is 19.9. The molecule has 0 bridgehead atoms. The molecule has 0 saturated carbocycles. The topological polar surface area (TPSA) is 29.3 Å². The minimum Gasteiger partial charge on any atom is -0.368 e. The van der Waals surface area contributed by atoms with E-state index in [0.29, 0.717) is 12.6 Å². The highest BCUT2D eigenvalue weighted by molar-refractivity contribution is 7.98. The van der Waals surface area contributed by atoms with Gasteiger partial charge in [0.15, 0.2) is 0 Å². The smallest absolute Gasteiger partial charge is 0.0425 e. The quantitative estimate of drug-likeness (QED) is 0.832. The third-order valence-electron chi connectivity index (χ3n) is 3.69. The molecule has 3 heteroatoms. The first kappa shape index (κ1) is 12.8. The van der Waals surface area contributed by atoms with Crippen LogP contribution in [0.4, 0.5) is 5.69 Å². The van der Waals surface area contributed by atoms with E-state index >= 15 is 0 Å². The van der Waals surface area contributed by atoms with Gasteiger partial charge in [0.1, 0.15) is 0 Å². The van der Waals surface area contributed by atoms with E-state index in [4.69, 9.17) is 5.73 Å². The highest BCUT2D eigenvalue weighted by Gasteiger charge is 2.25. The third-order valence-corrected chi connectivity index (χ3v) is 4.51. The van der Waals surface area contributed by atoms with Gasteiger partial charge in [-0.05, 0) is 37.7 Å². The zero-order valence-electron chi connectivity index (χ0n) is 10.8. The van der Waals surface area contributed by atoms with E-state index in [-0.39, 0.29) is 0 Å². The molecular weight excluding hydrogens is 228 g/mol. The van der Waals surface area contributed by atoms with Gasteiger partial charge in [-0.3, -0.25) is 0 Å². The highest BCUT2D eigenvalue weighted by Crippen LogP contribution is 2.34. The average Bonchev–Trinajstić information content (AvgIpc) is 2.85. The van der Waals surface area contributed by atoms with Crippen molar-refractivity contribution in [3.05, 3.63) is 23.8 Å². The number of hydrogen-bond donors (Lipinski definition) is 1. The molecule has 1 fully saturated rings. The summed E-state index contributed by atoms with van der Waals surface area (Å²) < 4.78 is 0. The van der Waals surface area contributed by atoms with Gasteiger partial charge in [0.25, 0.3) is 0 Å². The molecule has 2 rings (SSSR count). The lowest BCUT2D eigenvalue weighted by atomic mass is 10.1. The van der Waals surface area contributed by atoms with E-state index in [0.717, 1.165) is 0 Å². The molecule has 1 unspecified atom stereocenters. The van der Waals surface area contributed by atoms with Gasteiger partial charge in [-0.15, -0.1) is 11.8 Å². The van der Waals surface area contributed by atoms with Crippen LogP contribution >= 0.6 is 11.8 Å². The maximum Gasteiger partial charge on any atom is 0.0425 e. The van der Waals surface area contributed by atoms with Crippen molar-refractivity contribution in [1.82, 2.24) is 0 Å². The Bertz CT molecular complexity index is 378. The van der Waals surface area contributed by atoms with Crippen LogP contribution in [-0.4, -0.2) is 18.8 Å². The zero-order chi connectivity index (χ0) is 12.3. The van der Waals surface area contributed by atoms with Crippen LogP contribution < -0.4 is 10.6 Å². The van der Waals surface area contributed by atoms with Gasteiger partial charge in [0.05, 0.1) is 0 Å². The Morgan fingerprint density at radius 3 is 2.94 bits per heavy atom. The van der Waals surface area contributed by atoms with Crippen LogP contribution in [0.1, 0.15) is 31.7 Å². The van der Waals surface area contributed by atoms with Gasteiger partial charge in [-0.2, -0.15) is 0 Å². The Morgan fingerprint density at radius 2 is 2.29 bits per heavy atom. The minimum atomic E-state index is 0.638. The molecule has 94 valence electrons. The summed E-state index contributed by atoms with van der Waals surface area (Å²) in [5, 5.41) is 0. The van der Waals surface area contributed by atoms with Crippen molar-refractivity contribution in [3.8, 4) is 0 Å². The van der Waals surface area contributed by atoms with E-state index in [2.05, 4.69) is 36.3 Å². The summed E-state index contributed by atoms with van der Waals surface area (Å²) in [6.07, 6.45) is 5.99. The van der Waals surface area contributed by atoms with Gasteiger partial charge in [-0.1, -0.05) is 13.0 Å². The predicted molar refractivity (Wildman–Crippen MR) is 76.8 cm³/mol. The summed E-state index contributed by atoms with van der Waals surface area (Å²) in [6, 6.07) is 7.27. The van der Waals surface area contributed by atoms with E-state index in [1.165, 1.54) is 42.0 Å². The van der Waals surface area contributed by atoms with Crippen molar-refractivity contribution in [2.75, 3.05) is 17.7 Å². The maximum atomic E-state index is 5.94. The van der Waals surface area contributed by atoms with Crippen LogP contribution in [0.3, 0.4) is 0 Å². The van der Waals surface area contributed by atoms with Crippen molar-refractivity contribution in [2.45, 2.75) is 43.7 Å². The second-order valence-electron chi connectivity index (χ2n) is 4.56. The Labute approximate surface area is 109 Å². The molecule has 2 N–H and O–H groups in total. The molecule has 1 heterocycles. The molecule has 1 aromatic rings. The molecule has 0 aromatic heterocycles. The number of benzene rings is 1. The Balaban J connectivity index is 2.37. The average molecular weight is 250 g/mol. The Kier molecular flexibility index (Phi) is 4.35. The van der Waals surface area contributed by atoms with Gasteiger partial charge in [0, 0.05) is 35.3 Å². The lowest BCUT2D eigenvalue weighted by Gasteiger charge is -2.28. The summed E-state index contributed by atoms with van der Waals surface area (Å²) in [7, 11) is 0. The fraction of sp³-hybridized carbons (Fsp3) is 0.571. The minimum absolute atomic E-state index is 0.638. The second-order valence-corrected chi connectivity index (χ2v) is 5.41. The van der Waals surface area contributed by atoms with Crippen LogP contribution in [0.15, 0.2) is 23.1 Å². The number of anilines is 1. The summed E-state index contributed by atoms with van der Waals surface area (Å²) in [5.74, 6) is 0. The molecule has 0 amide bonds. The van der Waals surface area contributed by atoms with Crippen LogP contribution in [0.2, 0.25) is 0 Å². The third kappa shape index (κ3) is 2.45. The molecule has 0 aliphatic carbocycles. The van der Waals surface area contributed by atoms with Crippen molar-refractivity contribution >= 4 is 17.4 Å². The van der Waals surface area contributed by atoms with Crippen molar-refractivity contribution in [2.24, 2.45) is 5.73 Å². The number of hydrogen-bond acceptors (Lipinski definition) is 3. The number of thioether (sulfide) groups is 1. The summed E-state index contributed by atoms with van der Waals surface area (Å²) in [6.45, 7) is 4.10. The molecule has 0 radical (unpaired) electrons. The number of rotatable bonds is 4. The van der Waals surface area contributed by atoms with Gasteiger partial charge < -0.3 is 10.6 Å². The monoisotopic (exact) mass is 250 g/mol. The first-order valence-electron chi connectivity index (χ1n) is 6.44. The largest absolute Gasteiger partial charge is 0.368 e. The first-order valence-corrected chi connectivity index (χ1v) is 7.66. The maximum absolute atomic E-state index is 5.94. The first-order chi connectivity index (χ1) is 8.31. The van der Waals surface area contributed by atoms with Crippen LogP contribution in [0.5, 0.6) is 0 Å². The summed E-state index contributed by atoms with van der Waals surface area (Å²) >= 11 is 1.80. The molecular formula is C14H22N2S. The zero-order valence-corrected chi connectivity index (χ0v) is 11.6. The van der Waals surface area contributed by atoms with E-state index < -0.39 is 0 Å². The summed E-state index contributed by atoms with van der Waals surface area (Å²) in [4.78, 5) is 3.88. The van der Waals surface area contributed by atoms with Crippen molar-refractivity contribution in [3.63, 3.8) is 0 Å². The van der Waals surface area contributed by atoms with Gasteiger partial charge >= 0.3 is 0 Å². The van der Waals surface area contributed by atoms with Gasteiger partial charge in [0.2, 0.25) is 0 Å². The lowest BCUT2D eigenvalue weighted by molar-refractivity contribution is 0.643. The fourth-order valence-corrected chi connectivity index (χ4v) is 3.45. The van der Waals surface area contributed by atoms with Crippen molar-refractivity contribution < 1.29 is 0 Å². The van der Waals surface area contributed by atoms with E-state index in [1.54, 1.807) is 11.8 Å². The standard InChI is InChI=1S/C14H22N2S/c1-3-11-6-5-9-16(11)13-7-4-8-14(17-2)12(13)10-15/h4,7-8,11H,3,5-6,9-10,15H2,1-2H3. The van der Waals surface area contributed by atoms with Crippen LogP contribution in [0.25, 0.3) is 0 Å². The molecule has 1 aliphatic heterocycles. The SMILES string of the molecule is CCC1CCCN1c1cccc(SC)c1CN. The van der Waals surface area contributed by atoms with Gasteiger partial charge in [-0.25, -0.2) is 0 Å². The molecule has 2 nitrogen and oxygen atoms in total. The molecule has 0 spiro atoms. The van der Waals surface area contributed by atoms with Crippen LogP contribution in [-0.2, 0) is 6.54 Å². The van der Waals surface area contributed by atoms with E-state index in [1.807, 2.05) is 0 Å². The van der Waals surface area contributed by atoms with Crippen molar-refractivity contribution in [1.29, 1.82) is 0 Å². The molecule has 1 atom stereocenters. The van der Waals surface area contributed by atoms with E-state index in [9.17, 15) is 0 Å². The predicted octanol–water partition coefficient (Wildman–Crippen LogP) is 3.25. The molecule has 1 aromatic carbocycles. The lowest BCUT2D eigenvalue weighted by Crippen LogP contribution is -2.29. The Morgan fingerprint density at radius 1 is 1.47 bits per heavy atom. The number of nitrogens with two attached hydrogens (primary N) is 1. The molecule has 1 saturated heterocycles. The second kappa shape index (κ2) is 5.78. The Hall–Kier alpha value is -0.670. The number of nitrogens with zero attached hydrogens (tertiary/aromatic N) is 1. The summed E-state index contributed by atoms with van der Waals surface area (Å²) in [5.41, 5.74) is 8.63. The van der Waals surface area contributed by atoms with Crippen LogP contribution in [0, 0.1) is 0 Å². The molecule has 17 heavy (non-hydrogen) atoms. The highest BCUT2D eigenvalue weighted by atomic mass is 32.2. The molecule has 1 aliphatic rings. The fourth-order valence-electron chi connectivity index (χ4n) is 2.80.